The van der Waals surface area contributed by atoms with E-state index in [1.807, 2.05) is 23.1 Å². The number of carbonyl (C=O) groups excluding carboxylic acids is 2. The van der Waals surface area contributed by atoms with Crippen molar-refractivity contribution in [2.24, 2.45) is 11.8 Å². The van der Waals surface area contributed by atoms with Crippen molar-refractivity contribution in [1.29, 1.82) is 0 Å². The molecule has 1 aromatic carbocycles. The SMILES string of the molecule is CC(C)(C)N1C(=O)[C@@H]2C=CC(=O)C[C@@H]2[C@H]1c1ccccc1. The zero-order valence-corrected chi connectivity index (χ0v) is 12.7. The summed E-state index contributed by atoms with van der Waals surface area (Å²) in [5.74, 6) is 0.162. The van der Waals surface area contributed by atoms with Gasteiger partial charge < -0.3 is 4.90 Å². The van der Waals surface area contributed by atoms with Gasteiger partial charge in [-0.3, -0.25) is 9.59 Å². The summed E-state index contributed by atoms with van der Waals surface area (Å²) in [6.07, 6.45) is 3.84. The van der Waals surface area contributed by atoms with E-state index in [0.29, 0.717) is 6.42 Å². The average Bonchev–Trinajstić information content (AvgIpc) is 2.72. The third-order valence-corrected chi connectivity index (χ3v) is 4.46. The number of amides is 1. The number of nitrogens with zero attached hydrogens (tertiary/aromatic N) is 1. The van der Waals surface area contributed by atoms with Crippen molar-refractivity contribution in [3.63, 3.8) is 0 Å². The molecule has 1 fully saturated rings. The minimum absolute atomic E-state index is 0.0161. The molecule has 3 heteroatoms. The average molecular weight is 283 g/mol. The molecule has 110 valence electrons. The van der Waals surface area contributed by atoms with Crippen molar-refractivity contribution in [1.82, 2.24) is 4.90 Å². The topological polar surface area (TPSA) is 37.4 Å². The molecule has 0 aromatic heterocycles. The molecule has 1 saturated heterocycles. The lowest BCUT2D eigenvalue weighted by atomic mass is 9.79. The molecule has 0 saturated carbocycles. The van der Waals surface area contributed by atoms with Crippen LogP contribution in [-0.2, 0) is 9.59 Å². The summed E-state index contributed by atoms with van der Waals surface area (Å²) in [7, 11) is 0. The molecular formula is C18H21NO2. The summed E-state index contributed by atoms with van der Waals surface area (Å²) >= 11 is 0. The van der Waals surface area contributed by atoms with Crippen LogP contribution >= 0.6 is 0 Å². The van der Waals surface area contributed by atoms with Gasteiger partial charge in [0.15, 0.2) is 5.78 Å². The molecule has 0 N–H and O–H groups in total. The quantitative estimate of drug-likeness (QED) is 0.794. The first-order valence-electron chi connectivity index (χ1n) is 7.49. The van der Waals surface area contributed by atoms with Crippen molar-refractivity contribution in [3.8, 4) is 0 Å². The van der Waals surface area contributed by atoms with Gasteiger partial charge in [-0.15, -0.1) is 0 Å². The van der Waals surface area contributed by atoms with Crippen LogP contribution in [0.15, 0.2) is 42.5 Å². The van der Waals surface area contributed by atoms with Gasteiger partial charge in [0.25, 0.3) is 0 Å². The molecule has 0 unspecified atom stereocenters. The lowest BCUT2D eigenvalue weighted by Crippen LogP contribution is -2.44. The van der Waals surface area contributed by atoms with Crippen molar-refractivity contribution in [2.45, 2.75) is 38.8 Å². The summed E-state index contributed by atoms with van der Waals surface area (Å²) in [5, 5.41) is 0. The Bertz CT molecular complexity index is 597. The van der Waals surface area contributed by atoms with Crippen molar-refractivity contribution in [3.05, 3.63) is 48.0 Å². The fourth-order valence-corrected chi connectivity index (χ4v) is 3.64. The maximum atomic E-state index is 12.8. The number of rotatable bonds is 1. The second-order valence-electron chi connectivity index (χ2n) is 6.95. The number of likely N-dealkylation sites (tertiary alicyclic amines) is 1. The van der Waals surface area contributed by atoms with Gasteiger partial charge in [0, 0.05) is 17.9 Å². The monoisotopic (exact) mass is 283 g/mol. The van der Waals surface area contributed by atoms with Crippen LogP contribution in [0.3, 0.4) is 0 Å². The number of benzene rings is 1. The third-order valence-electron chi connectivity index (χ3n) is 4.46. The van der Waals surface area contributed by atoms with E-state index in [2.05, 4.69) is 32.9 Å². The van der Waals surface area contributed by atoms with Gasteiger partial charge in [-0.05, 0) is 32.4 Å². The summed E-state index contributed by atoms with van der Waals surface area (Å²) < 4.78 is 0. The highest BCUT2D eigenvalue weighted by Gasteiger charge is 2.52. The first kappa shape index (κ1) is 14.1. The van der Waals surface area contributed by atoms with Gasteiger partial charge in [0.1, 0.15) is 0 Å². The smallest absolute Gasteiger partial charge is 0.230 e. The van der Waals surface area contributed by atoms with E-state index in [-0.39, 0.29) is 35.1 Å². The molecule has 1 amide bonds. The van der Waals surface area contributed by atoms with Crippen LogP contribution in [0.5, 0.6) is 0 Å². The van der Waals surface area contributed by atoms with Crippen LogP contribution < -0.4 is 0 Å². The van der Waals surface area contributed by atoms with Gasteiger partial charge in [0.05, 0.1) is 12.0 Å². The highest BCUT2D eigenvalue weighted by Crippen LogP contribution is 2.48. The van der Waals surface area contributed by atoms with E-state index in [0.717, 1.165) is 5.56 Å². The first-order chi connectivity index (χ1) is 9.89. The number of ketones is 1. The van der Waals surface area contributed by atoms with Crippen LogP contribution in [0.2, 0.25) is 0 Å². The molecular weight excluding hydrogens is 262 g/mol. The predicted octanol–water partition coefficient (Wildman–Crippen LogP) is 3.13. The minimum atomic E-state index is -0.258. The van der Waals surface area contributed by atoms with E-state index in [4.69, 9.17) is 0 Å². The molecule has 3 rings (SSSR count). The predicted molar refractivity (Wildman–Crippen MR) is 81.5 cm³/mol. The van der Waals surface area contributed by atoms with Gasteiger partial charge in [0.2, 0.25) is 5.91 Å². The second kappa shape index (κ2) is 4.83. The molecule has 1 aliphatic carbocycles. The Balaban J connectivity index is 2.10. The number of carbonyl (C=O) groups is 2. The maximum absolute atomic E-state index is 12.8. The Morgan fingerprint density at radius 3 is 2.38 bits per heavy atom. The fraction of sp³-hybridized carbons (Fsp3) is 0.444. The van der Waals surface area contributed by atoms with Gasteiger partial charge in [-0.1, -0.05) is 36.4 Å². The molecule has 1 aliphatic heterocycles. The van der Waals surface area contributed by atoms with Crippen molar-refractivity contribution in [2.75, 3.05) is 0 Å². The number of hydrogen-bond donors (Lipinski definition) is 0. The van der Waals surface area contributed by atoms with E-state index >= 15 is 0 Å². The van der Waals surface area contributed by atoms with Crippen LogP contribution in [0.1, 0.15) is 38.8 Å². The second-order valence-corrected chi connectivity index (χ2v) is 6.95. The largest absolute Gasteiger partial charge is 0.330 e. The van der Waals surface area contributed by atoms with Crippen molar-refractivity contribution >= 4 is 11.7 Å². The highest BCUT2D eigenvalue weighted by atomic mass is 16.2. The Morgan fingerprint density at radius 2 is 1.76 bits per heavy atom. The number of hydrogen-bond acceptors (Lipinski definition) is 2. The molecule has 3 nitrogen and oxygen atoms in total. The summed E-state index contributed by atoms with van der Waals surface area (Å²) in [5.41, 5.74) is 0.864. The normalized spacial score (nSPS) is 28.9. The van der Waals surface area contributed by atoms with Crippen LogP contribution in [0.25, 0.3) is 0 Å². The molecule has 21 heavy (non-hydrogen) atoms. The molecule has 0 radical (unpaired) electrons. The lowest BCUT2D eigenvalue weighted by molar-refractivity contribution is -0.135. The highest BCUT2D eigenvalue weighted by molar-refractivity contribution is 5.95. The summed E-state index contributed by atoms with van der Waals surface area (Å²) in [6.45, 7) is 6.18. The standard InChI is InChI=1S/C18H21NO2/c1-18(2,3)19-16(12-7-5-4-6-8-12)15-11-13(20)9-10-14(15)17(19)21/h4-10,14-16H,11H2,1-3H3/t14-,15+,16-/m1/s1. The zero-order valence-electron chi connectivity index (χ0n) is 12.7. The molecule has 2 aliphatic rings. The van der Waals surface area contributed by atoms with Crippen LogP contribution in [-0.4, -0.2) is 22.1 Å². The van der Waals surface area contributed by atoms with E-state index in [1.165, 1.54) is 0 Å². The van der Waals surface area contributed by atoms with Crippen LogP contribution in [0.4, 0.5) is 0 Å². The van der Waals surface area contributed by atoms with E-state index in [9.17, 15) is 9.59 Å². The van der Waals surface area contributed by atoms with Crippen molar-refractivity contribution < 1.29 is 9.59 Å². The summed E-state index contributed by atoms with van der Waals surface area (Å²) in [6, 6.07) is 10.1. The molecule has 0 bridgehead atoms. The van der Waals surface area contributed by atoms with Gasteiger partial charge >= 0.3 is 0 Å². The number of fused-ring (bicyclic) bond motifs is 1. The fourth-order valence-electron chi connectivity index (χ4n) is 3.64. The molecule has 1 heterocycles. The van der Waals surface area contributed by atoms with E-state index in [1.54, 1.807) is 12.2 Å². The van der Waals surface area contributed by atoms with Gasteiger partial charge in [-0.2, -0.15) is 0 Å². The van der Waals surface area contributed by atoms with E-state index < -0.39 is 0 Å². The van der Waals surface area contributed by atoms with Crippen LogP contribution in [0, 0.1) is 11.8 Å². The Hall–Kier alpha value is -1.90. The lowest BCUT2D eigenvalue weighted by Gasteiger charge is -2.39. The zero-order chi connectivity index (χ0) is 15.2. The minimum Gasteiger partial charge on any atom is -0.330 e. The molecule has 1 aromatic rings. The van der Waals surface area contributed by atoms with Gasteiger partial charge in [-0.25, -0.2) is 0 Å². The Labute approximate surface area is 125 Å². The third kappa shape index (κ3) is 2.31. The Kier molecular flexibility index (Phi) is 3.23. The Morgan fingerprint density at radius 1 is 1.10 bits per heavy atom. The molecule has 0 spiro atoms. The first-order valence-corrected chi connectivity index (χ1v) is 7.49. The molecule has 3 atom stereocenters. The maximum Gasteiger partial charge on any atom is 0.230 e. The number of allylic oxidation sites excluding steroid dienone is 1. The summed E-state index contributed by atoms with van der Waals surface area (Å²) in [4.78, 5) is 26.6.